The van der Waals surface area contributed by atoms with Crippen molar-refractivity contribution in [3.8, 4) is 0 Å². The lowest BCUT2D eigenvalue weighted by atomic mass is 11.2. The minimum Gasteiger partial charge on any atom is -0.269 e. The van der Waals surface area contributed by atoms with Gasteiger partial charge in [0.2, 0.25) is 0 Å². The molecule has 0 spiro atoms. The summed E-state index contributed by atoms with van der Waals surface area (Å²) in [6, 6.07) is 0. The minimum absolute atomic E-state index is 1.50. The van der Waals surface area contributed by atoms with Crippen molar-refractivity contribution in [3.63, 3.8) is 0 Å². The van der Waals surface area contributed by atoms with E-state index in [-0.39, 0.29) is 0 Å². The fourth-order valence-corrected chi connectivity index (χ4v) is 0. The van der Waals surface area contributed by atoms with Gasteiger partial charge in [0.25, 0.3) is 0 Å². The van der Waals surface area contributed by atoms with Gasteiger partial charge in [-0.1, -0.05) is 0 Å². The van der Waals surface area contributed by atoms with Crippen molar-refractivity contribution in [3.05, 3.63) is 0 Å². The van der Waals surface area contributed by atoms with Gasteiger partial charge in [-0.2, -0.15) is 8.42 Å². The van der Waals surface area contributed by atoms with Crippen molar-refractivity contribution in [1.82, 2.24) is 5.01 Å². The number of halogens is 2. The minimum atomic E-state index is -3.72. The van der Waals surface area contributed by atoms with E-state index in [9.17, 15) is 0 Å². The van der Waals surface area contributed by atoms with Crippen LogP contribution in [0.1, 0.15) is 0 Å². The van der Waals surface area contributed by atoms with Crippen LogP contribution >= 0.6 is 21.4 Å². The normalized spacial score (nSPS) is 10.4. The Morgan fingerprint density at radius 3 is 1.33 bits per heavy atom. The molecule has 0 heterocycles. The first-order chi connectivity index (χ1) is 3.73. The van der Waals surface area contributed by atoms with E-state index in [1.54, 1.807) is 14.1 Å². The lowest BCUT2D eigenvalue weighted by molar-refractivity contribution is 0.432. The number of nitrogens with two attached hydrogens (primary N) is 1. The summed E-state index contributed by atoms with van der Waals surface area (Å²) < 4.78 is 18.3. The van der Waals surface area contributed by atoms with E-state index in [0.717, 1.165) is 0 Å². The summed E-state index contributed by atoms with van der Waals surface area (Å²) in [4.78, 5) is 0. The molecule has 0 saturated carbocycles. The zero-order chi connectivity index (χ0) is 8.08. The highest BCUT2D eigenvalue weighted by Gasteiger charge is 1.88. The van der Waals surface area contributed by atoms with Gasteiger partial charge in [0.05, 0.1) is 0 Å². The van der Waals surface area contributed by atoms with Crippen LogP contribution in [0.2, 0.25) is 0 Å². The topological polar surface area (TPSA) is 63.4 Å². The Kier molecular flexibility index (Phi) is 7.09. The molecule has 0 aromatic heterocycles. The smallest absolute Gasteiger partial charge is 0.269 e. The Morgan fingerprint density at radius 1 is 1.33 bits per heavy atom. The van der Waals surface area contributed by atoms with Crippen molar-refractivity contribution in [2.24, 2.45) is 5.84 Å². The van der Waals surface area contributed by atoms with E-state index < -0.39 is 8.26 Å². The third-order valence-corrected chi connectivity index (χ3v) is 0. The molecule has 0 aliphatic carbocycles. The summed E-state index contributed by atoms with van der Waals surface area (Å²) >= 11 is 0. The zero-order valence-corrected chi connectivity index (χ0v) is 7.33. The molecule has 0 aromatic carbocycles. The molecule has 0 aromatic rings. The Labute approximate surface area is 63.4 Å². The number of hydrogen-bond donors (Lipinski definition) is 1. The van der Waals surface area contributed by atoms with Crippen LogP contribution in [0.3, 0.4) is 0 Å². The lowest BCUT2D eigenvalue weighted by Crippen LogP contribution is -2.18. The summed E-state index contributed by atoms with van der Waals surface area (Å²) in [7, 11) is 8.37. The van der Waals surface area contributed by atoms with Crippen LogP contribution in [0, 0.1) is 0 Å². The molecule has 4 nitrogen and oxygen atoms in total. The third kappa shape index (κ3) is 1740. The molecule has 0 radical (unpaired) electrons. The molecule has 9 heavy (non-hydrogen) atoms. The standard InChI is InChI=1S/C2H8N2.Cl2O2S/c1-4(2)3;1-5(2,3)4/h3H2,1-2H3;. The van der Waals surface area contributed by atoms with E-state index in [4.69, 9.17) is 14.3 Å². The van der Waals surface area contributed by atoms with Gasteiger partial charge in [0, 0.05) is 35.5 Å². The Balaban J connectivity index is 0. The predicted octanol–water partition coefficient (Wildman–Crippen LogP) is 0.131. The molecule has 0 unspecified atom stereocenters. The van der Waals surface area contributed by atoms with Gasteiger partial charge in [0.15, 0.2) is 0 Å². The Hall–Kier alpha value is 0.450. The zero-order valence-electron chi connectivity index (χ0n) is 5.01. The second-order valence-electron chi connectivity index (χ2n) is 1.34. The number of hydrazine groups is 1. The van der Waals surface area contributed by atoms with Crippen LogP contribution in [-0.2, 0) is 8.26 Å². The van der Waals surface area contributed by atoms with Gasteiger partial charge >= 0.3 is 8.26 Å². The van der Waals surface area contributed by atoms with Gasteiger partial charge in [-0.25, -0.2) is 0 Å². The SMILES string of the molecule is CN(C)N.O=S(=O)(Cl)Cl. The fourth-order valence-electron chi connectivity index (χ4n) is 0. The number of rotatable bonds is 0. The molecule has 0 aliphatic rings. The summed E-state index contributed by atoms with van der Waals surface area (Å²) in [5, 5.41) is 1.50. The predicted molar refractivity (Wildman–Crippen MR) is 38.5 cm³/mol. The van der Waals surface area contributed by atoms with E-state index in [0.29, 0.717) is 0 Å². The van der Waals surface area contributed by atoms with E-state index in [2.05, 4.69) is 21.4 Å². The maximum Gasteiger partial charge on any atom is 0.317 e. The molecule has 0 bridgehead atoms. The molecule has 0 aliphatic heterocycles. The lowest BCUT2D eigenvalue weighted by Gasteiger charge is -1.91. The van der Waals surface area contributed by atoms with Crippen molar-refractivity contribution >= 4 is 29.6 Å². The second-order valence-corrected chi connectivity index (χ2v) is 5.01. The number of nitrogens with zero attached hydrogens (tertiary/aromatic N) is 1. The quantitative estimate of drug-likeness (QED) is 0.339. The van der Waals surface area contributed by atoms with Gasteiger partial charge < -0.3 is 0 Å². The highest BCUT2D eigenvalue weighted by Crippen LogP contribution is 1.98. The maximum atomic E-state index is 9.16. The average molecular weight is 195 g/mol. The molecule has 0 amide bonds. The van der Waals surface area contributed by atoms with Gasteiger partial charge in [-0.05, 0) is 0 Å². The van der Waals surface area contributed by atoms with Gasteiger partial charge in [-0.15, -0.1) is 0 Å². The van der Waals surface area contributed by atoms with Gasteiger partial charge in [0.1, 0.15) is 0 Å². The van der Waals surface area contributed by atoms with Crippen molar-refractivity contribution in [2.45, 2.75) is 0 Å². The number of hydrogen-bond acceptors (Lipinski definition) is 4. The van der Waals surface area contributed by atoms with Crippen LogP contribution in [0.25, 0.3) is 0 Å². The molecular weight excluding hydrogens is 187 g/mol. The summed E-state index contributed by atoms with van der Waals surface area (Å²) in [6.07, 6.45) is 0. The molecule has 58 valence electrons. The molecular formula is C2H8Cl2N2O2S. The van der Waals surface area contributed by atoms with Crippen LogP contribution in [0.5, 0.6) is 0 Å². The van der Waals surface area contributed by atoms with Crippen molar-refractivity contribution in [1.29, 1.82) is 0 Å². The molecule has 2 N–H and O–H groups in total. The average Bonchev–Trinajstić information content (AvgIpc) is 1.19. The molecule has 0 atom stereocenters. The first-order valence-electron chi connectivity index (χ1n) is 1.79. The Morgan fingerprint density at radius 2 is 1.33 bits per heavy atom. The van der Waals surface area contributed by atoms with Crippen LogP contribution in [0.15, 0.2) is 0 Å². The third-order valence-electron chi connectivity index (χ3n) is 0. The first-order valence-corrected chi connectivity index (χ1v) is 4.93. The second kappa shape index (κ2) is 5.25. The molecule has 7 heteroatoms. The van der Waals surface area contributed by atoms with Gasteiger partial charge in [-0.3, -0.25) is 10.9 Å². The first kappa shape index (κ1) is 12.2. The highest BCUT2D eigenvalue weighted by molar-refractivity contribution is 8.31. The monoisotopic (exact) mass is 194 g/mol. The van der Waals surface area contributed by atoms with Crippen molar-refractivity contribution in [2.75, 3.05) is 14.1 Å². The van der Waals surface area contributed by atoms with Crippen LogP contribution in [0.4, 0.5) is 0 Å². The summed E-state index contributed by atoms with van der Waals surface area (Å²) in [5.74, 6) is 4.94. The fraction of sp³-hybridized carbons (Fsp3) is 1.00. The van der Waals surface area contributed by atoms with Crippen LogP contribution in [-0.4, -0.2) is 27.5 Å². The largest absolute Gasteiger partial charge is 0.317 e. The van der Waals surface area contributed by atoms with E-state index in [1.165, 1.54) is 5.01 Å². The summed E-state index contributed by atoms with van der Waals surface area (Å²) in [5.41, 5.74) is 0. The maximum absolute atomic E-state index is 9.16. The molecule has 0 saturated heterocycles. The highest BCUT2D eigenvalue weighted by atomic mass is 36.0. The van der Waals surface area contributed by atoms with Crippen LogP contribution < -0.4 is 5.84 Å². The Bertz CT molecular complexity index is 132. The van der Waals surface area contributed by atoms with E-state index >= 15 is 0 Å². The molecule has 0 fully saturated rings. The molecule has 0 rings (SSSR count). The summed E-state index contributed by atoms with van der Waals surface area (Å²) in [6.45, 7) is 0. The van der Waals surface area contributed by atoms with Crippen molar-refractivity contribution < 1.29 is 8.42 Å². The van der Waals surface area contributed by atoms with E-state index in [1.807, 2.05) is 0 Å².